The lowest BCUT2D eigenvalue weighted by Gasteiger charge is -2.31. The zero-order valence-corrected chi connectivity index (χ0v) is 17.1. The minimum absolute atomic E-state index is 0.0949. The van der Waals surface area contributed by atoms with Crippen molar-refractivity contribution in [3.8, 4) is 0 Å². The number of aromatic nitrogens is 3. The number of aryl methyl sites for hydroxylation is 2. The van der Waals surface area contributed by atoms with Gasteiger partial charge in [-0.2, -0.15) is 13.2 Å². The van der Waals surface area contributed by atoms with Crippen LogP contribution in [0.15, 0.2) is 17.2 Å². The standard InChI is InChI=1S/C19H22F3N5O2S/c20-19(21,22)15-9-16(28)27(11-23-15)10-12-5-7-26(8-6-12)18(29)25-17-24-13-3-1-2-4-14(13)30-17/h9,11-12H,1-8,10H2,(H,24,25,29). The Balaban J connectivity index is 1.30. The number of rotatable bonds is 3. The van der Waals surface area contributed by atoms with Crippen LogP contribution in [-0.4, -0.2) is 38.6 Å². The zero-order chi connectivity index (χ0) is 21.3. The fraction of sp³-hybridized carbons (Fsp3) is 0.579. The Kier molecular flexibility index (Phi) is 5.81. The summed E-state index contributed by atoms with van der Waals surface area (Å²) in [5.41, 5.74) is -0.805. The maximum Gasteiger partial charge on any atom is 0.433 e. The molecule has 1 aliphatic carbocycles. The van der Waals surface area contributed by atoms with Crippen molar-refractivity contribution in [1.29, 1.82) is 0 Å². The van der Waals surface area contributed by atoms with Gasteiger partial charge in [-0.15, -0.1) is 11.3 Å². The molecule has 3 heterocycles. The number of carbonyl (C=O) groups is 1. The summed E-state index contributed by atoms with van der Waals surface area (Å²) in [7, 11) is 0. The summed E-state index contributed by atoms with van der Waals surface area (Å²) in [4.78, 5) is 35.3. The Morgan fingerprint density at radius 3 is 2.63 bits per heavy atom. The summed E-state index contributed by atoms with van der Waals surface area (Å²) < 4.78 is 39.1. The lowest BCUT2D eigenvalue weighted by molar-refractivity contribution is -0.141. The second kappa shape index (κ2) is 8.37. The lowest BCUT2D eigenvalue weighted by atomic mass is 9.97. The van der Waals surface area contributed by atoms with Gasteiger partial charge in [0, 0.05) is 30.6 Å². The molecule has 0 unspecified atom stereocenters. The molecule has 2 amide bonds. The number of halogens is 3. The van der Waals surface area contributed by atoms with Crippen LogP contribution < -0.4 is 10.9 Å². The number of anilines is 1. The van der Waals surface area contributed by atoms with E-state index in [4.69, 9.17) is 0 Å². The van der Waals surface area contributed by atoms with Crippen LogP contribution in [0.5, 0.6) is 0 Å². The van der Waals surface area contributed by atoms with Gasteiger partial charge >= 0.3 is 12.2 Å². The molecule has 1 saturated heterocycles. The number of piperidine rings is 1. The zero-order valence-electron chi connectivity index (χ0n) is 16.2. The van der Waals surface area contributed by atoms with Gasteiger partial charge in [-0.05, 0) is 44.4 Å². The second-order valence-corrected chi connectivity index (χ2v) is 8.80. The van der Waals surface area contributed by atoms with E-state index in [1.165, 1.54) is 20.8 Å². The molecule has 1 fully saturated rings. The smallest absolute Gasteiger partial charge is 0.324 e. The first-order chi connectivity index (χ1) is 14.3. The van der Waals surface area contributed by atoms with Gasteiger partial charge < -0.3 is 4.90 Å². The lowest BCUT2D eigenvalue weighted by Crippen LogP contribution is -2.42. The van der Waals surface area contributed by atoms with E-state index in [1.807, 2.05) is 0 Å². The van der Waals surface area contributed by atoms with Gasteiger partial charge in [-0.3, -0.25) is 14.7 Å². The first-order valence-electron chi connectivity index (χ1n) is 9.98. The van der Waals surface area contributed by atoms with E-state index in [9.17, 15) is 22.8 Å². The Hall–Kier alpha value is -2.43. The topological polar surface area (TPSA) is 80.1 Å². The molecule has 7 nitrogen and oxygen atoms in total. The number of alkyl halides is 3. The number of nitrogens with one attached hydrogen (secondary N) is 1. The van der Waals surface area contributed by atoms with Gasteiger partial charge in [0.2, 0.25) is 0 Å². The summed E-state index contributed by atoms with van der Waals surface area (Å²) in [6.45, 7) is 1.33. The van der Waals surface area contributed by atoms with Crippen LogP contribution >= 0.6 is 11.3 Å². The molecule has 1 aliphatic heterocycles. The predicted molar refractivity (Wildman–Crippen MR) is 106 cm³/mol. The molecule has 2 aliphatic rings. The number of likely N-dealkylation sites (tertiary alicyclic amines) is 1. The average Bonchev–Trinajstić information content (AvgIpc) is 3.11. The normalized spacial score (nSPS) is 17.6. The number of carbonyl (C=O) groups excluding carboxylic acids is 1. The summed E-state index contributed by atoms with van der Waals surface area (Å²) in [6, 6.07) is 0.337. The molecule has 2 aromatic rings. The van der Waals surface area contributed by atoms with Gasteiger partial charge in [0.05, 0.1) is 12.0 Å². The number of hydrogen-bond donors (Lipinski definition) is 1. The fourth-order valence-corrected chi connectivity index (χ4v) is 4.93. The number of fused-ring (bicyclic) bond motifs is 1. The molecule has 0 aromatic carbocycles. The number of nitrogens with zero attached hydrogens (tertiary/aromatic N) is 4. The Morgan fingerprint density at radius 1 is 1.23 bits per heavy atom. The highest BCUT2D eigenvalue weighted by Crippen LogP contribution is 2.30. The summed E-state index contributed by atoms with van der Waals surface area (Å²) >= 11 is 1.54. The molecule has 0 spiro atoms. The fourth-order valence-electron chi connectivity index (χ4n) is 3.89. The molecule has 11 heteroatoms. The minimum Gasteiger partial charge on any atom is -0.324 e. The summed E-state index contributed by atoms with van der Waals surface area (Å²) in [5, 5.41) is 3.52. The quantitative estimate of drug-likeness (QED) is 0.790. The predicted octanol–water partition coefficient (Wildman–Crippen LogP) is 3.54. The van der Waals surface area contributed by atoms with Crippen LogP contribution in [0.4, 0.5) is 23.1 Å². The highest BCUT2D eigenvalue weighted by molar-refractivity contribution is 7.15. The van der Waals surface area contributed by atoms with Crippen LogP contribution in [0.2, 0.25) is 0 Å². The number of thiazole rings is 1. The van der Waals surface area contributed by atoms with Gasteiger partial charge in [-0.25, -0.2) is 14.8 Å². The van der Waals surface area contributed by atoms with Crippen molar-refractivity contribution in [3.05, 3.63) is 39.0 Å². The van der Waals surface area contributed by atoms with Crippen molar-refractivity contribution in [3.63, 3.8) is 0 Å². The molecule has 0 radical (unpaired) electrons. The number of hydrogen-bond acceptors (Lipinski definition) is 5. The largest absolute Gasteiger partial charge is 0.433 e. The maximum absolute atomic E-state index is 12.6. The third kappa shape index (κ3) is 4.66. The van der Waals surface area contributed by atoms with E-state index in [-0.39, 0.29) is 11.9 Å². The van der Waals surface area contributed by atoms with Crippen molar-refractivity contribution in [1.82, 2.24) is 19.4 Å². The van der Waals surface area contributed by atoms with Gasteiger partial charge in [-0.1, -0.05) is 0 Å². The molecule has 2 aromatic heterocycles. The van der Waals surface area contributed by atoms with Gasteiger partial charge in [0.25, 0.3) is 5.56 Å². The first kappa shape index (κ1) is 20.8. The molecular formula is C19H22F3N5O2S. The van der Waals surface area contributed by atoms with E-state index in [0.717, 1.165) is 37.7 Å². The number of urea groups is 1. The highest BCUT2D eigenvalue weighted by atomic mass is 32.1. The van der Waals surface area contributed by atoms with Crippen molar-refractivity contribution in [2.45, 2.75) is 51.2 Å². The molecule has 162 valence electrons. The third-order valence-corrected chi connectivity index (χ3v) is 6.66. The van der Waals surface area contributed by atoms with Gasteiger partial charge in [0.1, 0.15) is 0 Å². The number of amides is 2. The first-order valence-corrected chi connectivity index (χ1v) is 10.8. The van der Waals surface area contributed by atoms with Crippen molar-refractivity contribution >= 4 is 22.5 Å². The summed E-state index contributed by atoms with van der Waals surface area (Å²) in [5.74, 6) is 0.0949. The Bertz CT molecular complexity index is 956. The maximum atomic E-state index is 12.6. The van der Waals surface area contributed by atoms with Crippen molar-refractivity contribution in [2.24, 2.45) is 5.92 Å². The van der Waals surface area contributed by atoms with E-state index in [1.54, 1.807) is 4.90 Å². The van der Waals surface area contributed by atoms with E-state index in [2.05, 4.69) is 15.3 Å². The molecule has 0 saturated carbocycles. The second-order valence-electron chi connectivity index (χ2n) is 7.72. The van der Waals surface area contributed by atoms with Gasteiger partial charge in [0.15, 0.2) is 10.8 Å². The van der Waals surface area contributed by atoms with Crippen LogP contribution in [0.3, 0.4) is 0 Å². The monoisotopic (exact) mass is 441 g/mol. The molecular weight excluding hydrogens is 419 g/mol. The highest BCUT2D eigenvalue weighted by Gasteiger charge is 2.33. The molecule has 4 rings (SSSR count). The van der Waals surface area contributed by atoms with Crippen LogP contribution in [0, 0.1) is 5.92 Å². The Labute approximate surface area is 174 Å². The van der Waals surface area contributed by atoms with Crippen LogP contribution in [0.1, 0.15) is 41.9 Å². The Morgan fingerprint density at radius 2 is 1.97 bits per heavy atom. The van der Waals surface area contributed by atoms with Crippen LogP contribution in [-0.2, 0) is 25.6 Å². The average molecular weight is 441 g/mol. The van der Waals surface area contributed by atoms with Crippen LogP contribution in [0.25, 0.3) is 0 Å². The third-order valence-electron chi connectivity index (χ3n) is 5.59. The van der Waals surface area contributed by atoms with E-state index < -0.39 is 17.4 Å². The molecule has 0 bridgehead atoms. The van der Waals surface area contributed by atoms with E-state index in [0.29, 0.717) is 43.7 Å². The molecule has 1 N–H and O–H groups in total. The summed E-state index contributed by atoms with van der Waals surface area (Å²) in [6.07, 6.45) is 1.92. The van der Waals surface area contributed by atoms with Crippen molar-refractivity contribution in [2.75, 3.05) is 18.4 Å². The minimum atomic E-state index is -4.63. The molecule has 0 atom stereocenters. The van der Waals surface area contributed by atoms with Crippen molar-refractivity contribution < 1.29 is 18.0 Å². The van der Waals surface area contributed by atoms with E-state index >= 15 is 0 Å². The molecule has 30 heavy (non-hydrogen) atoms. The SMILES string of the molecule is O=C(Nc1nc2c(s1)CCCC2)N1CCC(Cn2cnc(C(F)(F)F)cc2=O)CC1.